The van der Waals surface area contributed by atoms with Crippen molar-refractivity contribution < 1.29 is 4.79 Å². The molecule has 25 heavy (non-hydrogen) atoms. The highest BCUT2D eigenvalue weighted by Crippen LogP contribution is 2.25. The Hall–Kier alpha value is -2.61. The Labute approximate surface area is 150 Å². The second-order valence-corrected chi connectivity index (χ2v) is 6.73. The van der Waals surface area contributed by atoms with Gasteiger partial charge in [0.15, 0.2) is 0 Å². The van der Waals surface area contributed by atoms with E-state index in [1.165, 1.54) is 0 Å². The van der Waals surface area contributed by atoms with Gasteiger partial charge in [-0.15, -0.1) is 11.3 Å². The number of aryl methyl sites for hydroxylation is 1. The minimum atomic E-state index is -0.0943. The number of H-pyrrole nitrogens is 1. The van der Waals surface area contributed by atoms with Crippen molar-refractivity contribution in [3.05, 3.63) is 47.5 Å². The summed E-state index contributed by atoms with van der Waals surface area (Å²) in [6.07, 6.45) is 6.29. The Morgan fingerprint density at radius 3 is 3.04 bits per heavy atom. The standard InChI is InChI=1S/C17H22N6OS/c1-3-7-23(12-15-18-6-8-22(15)2)17(24)19-10-13-11-20-21-16(13)14-5-4-9-25-14/h4-6,8-9,11H,3,7,10,12H2,1-2H3,(H,19,24)(H,20,21). The minimum absolute atomic E-state index is 0.0943. The van der Waals surface area contributed by atoms with E-state index in [2.05, 4.69) is 27.4 Å². The predicted molar refractivity (Wildman–Crippen MR) is 98.0 cm³/mol. The van der Waals surface area contributed by atoms with Crippen LogP contribution in [0.2, 0.25) is 0 Å². The van der Waals surface area contributed by atoms with Crippen LogP contribution >= 0.6 is 11.3 Å². The first-order chi connectivity index (χ1) is 12.2. The molecular weight excluding hydrogens is 336 g/mol. The molecule has 0 aromatic carbocycles. The zero-order valence-corrected chi connectivity index (χ0v) is 15.2. The molecule has 0 spiro atoms. The molecule has 0 fully saturated rings. The van der Waals surface area contributed by atoms with Crippen molar-refractivity contribution in [2.45, 2.75) is 26.4 Å². The maximum absolute atomic E-state index is 12.6. The van der Waals surface area contributed by atoms with E-state index in [4.69, 9.17) is 0 Å². The number of carbonyl (C=O) groups excluding carboxylic acids is 1. The van der Waals surface area contributed by atoms with Crippen molar-refractivity contribution in [2.75, 3.05) is 6.54 Å². The number of aromatic nitrogens is 4. The number of hydrogen-bond donors (Lipinski definition) is 2. The van der Waals surface area contributed by atoms with Gasteiger partial charge in [-0.25, -0.2) is 9.78 Å². The summed E-state index contributed by atoms with van der Waals surface area (Å²) in [4.78, 5) is 19.8. The van der Waals surface area contributed by atoms with E-state index in [0.29, 0.717) is 19.6 Å². The lowest BCUT2D eigenvalue weighted by molar-refractivity contribution is 0.192. The van der Waals surface area contributed by atoms with Crippen LogP contribution in [-0.2, 0) is 20.1 Å². The second kappa shape index (κ2) is 7.98. The number of thiophene rings is 1. The number of nitrogens with zero attached hydrogens (tertiary/aromatic N) is 4. The van der Waals surface area contributed by atoms with Gasteiger partial charge in [0.05, 0.1) is 23.3 Å². The molecule has 132 valence electrons. The topological polar surface area (TPSA) is 78.8 Å². The molecule has 2 amide bonds. The molecule has 0 bridgehead atoms. The third-order valence-electron chi connectivity index (χ3n) is 3.95. The van der Waals surface area contributed by atoms with Crippen molar-refractivity contribution >= 4 is 17.4 Å². The van der Waals surface area contributed by atoms with E-state index in [0.717, 1.165) is 28.4 Å². The molecule has 0 aliphatic rings. The first-order valence-electron chi connectivity index (χ1n) is 8.24. The lowest BCUT2D eigenvalue weighted by Gasteiger charge is -2.22. The highest BCUT2D eigenvalue weighted by Gasteiger charge is 2.16. The largest absolute Gasteiger partial charge is 0.337 e. The van der Waals surface area contributed by atoms with E-state index in [1.54, 1.807) is 28.6 Å². The van der Waals surface area contributed by atoms with Gasteiger partial charge < -0.3 is 14.8 Å². The van der Waals surface area contributed by atoms with Gasteiger partial charge in [0.1, 0.15) is 5.82 Å². The number of aromatic amines is 1. The summed E-state index contributed by atoms with van der Waals surface area (Å²) in [5, 5.41) is 12.1. The van der Waals surface area contributed by atoms with Crippen LogP contribution in [0.5, 0.6) is 0 Å². The van der Waals surface area contributed by atoms with Crippen LogP contribution in [0, 0.1) is 0 Å². The highest BCUT2D eigenvalue weighted by atomic mass is 32.1. The van der Waals surface area contributed by atoms with E-state index in [-0.39, 0.29) is 6.03 Å². The molecule has 0 saturated carbocycles. The van der Waals surface area contributed by atoms with Crippen molar-refractivity contribution in [2.24, 2.45) is 7.05 Å². The molecular formula is C17H22N6OS. The Balaban J connectivity index is 1.64. The number of rotatable bonds is 7. The van der Waals surface area contributed by atoms with Gasteiger partial charge in [-0.3, -0.25) is 5.10 Å². The number of imidazole rings is 1. The molecule has 2 N–H and O–H groups in total. The number of nitrogens with one attached hydrogen (secondary N) is 2. The molecule has 3 aromatic heterocycles. The Morgan fingerprint density at radius 2 is 2.36 bits per heavy atom. The number of carbonyl (C=O) groups is 1. The molecule has 0 aliphatic carbocycles. The summed E-state index contributed by atoms with van der Waals surface area (Å²) in [6.45, 7) is 3.67. The molecule has 0 radical (unpaired) electrons. The molecule has 3 heterocycles. The highest BCUT2D eigenvalue weighted by molar-refractivity contribution is 7.13. The molecule has 3 aromatic rings. The first kappa shape index (κ1) is 17.2. The fourth-order valence-corrected chi connectivity index (χ4v) is 3.36. The zero-order chi connectivity index (χ0) is 17.6. The van der Waals surface area contributed by atoms with Gasteiger partial charge in [-0.05, 0) is 17.9 Å². The maximum atomic E-state index is 12.6. The summed E-state index contributed by atoms with van der Waals surface area (Å²) in [7, 11) is 1.93. The van der Waals surface area contributed by atoms with Crippen molar-refractivity contribution in [3.8, 4) is 10.6 Å². The monoisotopic (exact) mass is 358 g/mol. The SMILES string of the molecule is CCCN(Cc1nccn1C)C(=O)NCc1cn[nH]c1-c1cccs1. The van der Waals surface area contributed by atoms with E-state index in [9.17, 15) is 4.79 Å². The molecule has 3 rings (SSSR count). The average molecular weight is 358 g/mol. The molecule has 8 heteroatoms. The quantitative estimate of drug-likeness (QED) is 0.681. The second-order valence-electron chi connectivity index (χ2n) is 5.78. The van der Waals surface area contributed by atoms with Gasteiger partial charge >= 0.3 is 6.03 Å². The number of amides is 2. The van der Waals surface area contributed by atoms with Gasteiger partial charge in [0.2, 0.25) is 0 Å². The van der Waals surface area contributed by atoms with Gasteiger partial charge in [-0.1, -0.05) is 13.0 Å². The Kier molecular flexibility index (Phi) is 5.49. The minimum Gasteiger partial charge on any atom is -0.337 e. The van der Waals surface area contributed by atoms with E-state index >= 15 is 0 Å². The predicted octanol–water partition coefficient (Wildman–Crippen LogP) is 2.99. The summed E-state index contributed by atoms with van der Waals surface area (Å²) >= 11 is 1.64. The van der Waals surface area contributed by atoms with Gasteiger partial charge in [0, 0.05) is 38.1 Å². The zero-order valence-electron chi connectivity index (χ0n) is 14.4. The lowest BCUT2D eigenvalue weighted by atomic mass is 10.2. The van der Waals surface area contributed by atoms with Crippen LogP contribution in [0.3, 0.4) is 0 Å². The fraction of sp³-hybridized carbons (Fsp3) is 0.353. The first-order valence-corrected chi connectivity index (χ1v) is 9.12. The van der Waals surface area contributed by atoms with Crippen molar-refractivity contribution in [1.82, 2.24) is 30.0 Å². The van der Waals surface area contributed by atoms with E-state index in [1.807, 2.05) is 35.3 Å². The molecule has 0 atom stereocenters. The number of hydrogen-bond acceptors (Lipinski definition) is 4. The van der Waals surface area contributed by atoms with Gasteiger partial charge in [-0.2, -0.15) is 5.10 Å². The summed E-state index contributed by atoms with van der Waals surface area (Å²) in [5.74, 6) is 0.867. The van der Waals surface area contributed by atoms with E-state index < -0.39 is 0 Å². The van der Waals surface area contributed by atoms with Crippen LogP contribution in [-0.4, -0.2) is 37.2 Å². The van der Waals surface area contributed by atoms with Gasteiger partial charge in [0.25, 0.3) is 0 Å². The summed E-state index contributed by atoms with van der Waals surface area (Å²) < 4.78 is 1.93. The third-order valence-corrected chi connectivity index (χ3v) is 4.84. The smallest absolute Gasteiger partial charge is 0.318 e. The van der Waals surface area contributed by atoms with Crippen LogP contribution in [0.1, 0.15) is 24.7 Å². The fourth-order valence-electron chi connectivity index (χ4n) is 2.60. The molecule has 0 saturated heterocycles. The maximum Gasteiger partial charge on any atom is 0.318 e. The molecule has 0 unspecified atom stereocenters. The molecule has 7 nitrogen and oxygen atoms in total. The lowest BCUT2D eigenvalue weighted by Crippen LogP contribution is -2.40. The molecule has 0 aliphatic heterocycles. The Bertz CT molecular complexity index is 807. The van der Waals surface area contributed by atoms with Crippen LogP contribution in [0.15, 0.2) is 36.1 Å². The third kappa shape index (κ3) is 4.08. The van der Waals surface area contributed by atoms with Crippen molar-refractivity contribution in [3.63, 3.8) is 0 Å². The summed E-state index contributed by atoms with van der Waals surface area (Å²) in [5.41, 5.74) is 1.94. The van der Waals surface area contributed by atoms with Crippen LogP contribution < -0.4 is 5.32 Å². The van der Waals surface area contributed by atoms with Crippen molar-refractivity contribution in [1.29, 1.82) is 0 Å². The number of urea groups is 1. The average Bonchev–Trinajstić information content (AvgIpc) is 3.34. The van der Waals surface area contributed by atoms with Crippen LogP contribution in [0.4, 0.5) is 4.79 Å². The summed E-state index contributed by atoms with van der Waals surface area (Å²) in [6, 6.07) is 3.94. The van der Waals surface area contributed by atoms with Crippen LogP contribution in [0.25, 0.3) is 10.6 Å². The normalized spacial score (nSPS) is 10.8. The Morgan fingerprint density at radius 1 is 1.48 bits per heavy atom.